The maximum absolute atomic E-state index is 9.90. The third-order valence-corrected chi connectivity index (χ3v) is 4.05. The van der Waals surface area contributed by atoms with E-state index in [0.717, 1.165) is 27.4 Å². The fourth-order valence-electron chi connectivity index (χ4n) is 2.15. The molecule has 0 saturated carbocycles. The molecular formula is C17H15NOS. The number of aryl methyl sites for hydroxylation is 1. The number of aromatic hydroxyl groups is 1. The van der Waals surface area contributed by atoms with Crippen LogP contribution >= 0.6 is 11.3 Å². The van der Waals surface area contributed by atoms with Crippen LogP contribution in [-0.2, 0) is 6.42 Å². The van der Waals surface area contributed by atoms with Crippen LogP contribution in [0.5, 0.6) is 5.75 Å². The van der Waals surface area contributed by atoms with Gasteiger partial charge in [-0.2, -0.15) is 0 Å². The van der Waals surface area contributed by atoms with Gasteiger partial charge in [-0.15, -0.1) is 11.3 Å². The van der Waals surface area contributed by atoms with Gasteiger partial charge in [0.15, 0.2) is 0 Å². The van der Waals surface area contributed by atoms with E-state index in [0.29, 0.717) is 12.2 Å². The van der Waals surface area contributed by atoms with Crippen molar-refractivity contribution in [1.82, 2.24) is 4.98 Å². The lowest BCUT2D eigenvalue weighted by Crippen LogP contribution is -1.89. The van der Waals surface area contributed by atoms with Gasteiger partial charge < -0.3 is 5.11 Å². The topological polar surface area (TPSA) is 33.1 Å². The molecule has 1 aromatic heterocycles. The Morgan fingerprint density at radius 1 is 1.10 bits per heavy atom. The van der Waals surface area contributed by atoms with Gasteiger partial charge in [-0.3, -0.25) is 0 Å². The second kappa shape index (κ2) is 5.47. The van der Waals surface area contributed by atoms with E-state index < -0.39 is 0 Å². The van der Waals surface area contributed by atoms with Crippen LogP contribution < -0.4 is 0 Å². The molecule has 1 N–H and O–H groups in total. The molecule has 3 rings (SSSR count). The number of phenolic OH excluding ortho intramolecular Hbond substituents is 1. The molecular weight excluding hydrogens is 266 g/mol. The standard InChI is InChI=1S/C17H15NOS/c1-12-7-8-16(19)14(9-12)10-17-18-15(11-20-17)13-5-3-2-4-6-13/h2-9,11,19H,10H2,1H3. The van der Waals surface area contributed by atoms with E-state index >= 15 is 0 Å². The molecule has 0 aliphatic carbocycles. The maximum Gasteiger partial charge on any atom is 0.119 e. The van der Waals surface area contributed by atoms with Crippen molar-refractivity contribution in [2.75, 3.05) is 0 Å². The monoisotopic (exact) mass is 281 g/mol. The zero-order chi connectivity index (χ0) is 13.9. The Labute approximate surface area is 122 Å². The summed E-state index contributed by atoms with van der Waals surface area (Å²) in [4.78, 5) is 4.65. The maximum atomic E-state index is 9.90. The minimum Gasteiger partial charge on any atom is -0.508 e. The van der Waals surface area contributed by atoms with Gasteiger partial charge >= 0.3 is 0 Å². The van der Waals surface area contributed by atoms with Gasteiger partial charge in [0.1, 0.15) is 5.75 Å². The second-order valence-corrected chi connectivity index (χ2v) is 5.74. The molecule has 0 unspecified atom stereocenters. The number of benzene rings is 2. The molecule has 2 aromatic carbocycles. The highest BCUT2D eigenvalue weighted by Gasteiger charge is 2.08. The lowest BCUT2D eigenvalue weighted by atomic mass is 10.1. The van der Waals surface area contributed by atoms with Crippen molar-refractivity contribution in [2.45, 2.75) is 13.3 Å². The van der Waals surface area contributed by atoms with E-state index in [1.165, 1.54) is 0 Å². The van der Waals surface area contributed by atoms with Crippen molar-refractivity contribution in [1.29, 1.82) is 0 Å². The van der Waals surface area contributed by atoms with E-state index in [1.807, 2.05) is 37.3 Å². The first kappa shape index (κ1) is 12.9. The fraction of sp³-hybridized carbons (Fsp3) is 0.118. The summed E-state index contributed by atoms with van der Waals surface area (Å²) in [6.07, 6.45) is 0.672. The van der Waals surface area contributed by atoms with Crippen molar-refractivity contribution < 1.29 is 5.11 Å². The van der Waals surface area contributed by atoms with Gasteiger partial charge in [-0.05, 0) is 13.0 Å². The van der Waals surface area contributed by atoms with Gasteiger partial charge in [0.25, 0.3) is 0 Å². The van der Waals surface area contributed by atoms with E-state index in [2.05, 4.69) is 22.5 Å². The Bertz CT molecular complexity index is 719. The third-order valence-electron chi connectivity index (χ3n) is 3.20. The SMILES string of the molecule is Cc1ccc(O)c(Cc2nc(-c3ccccc3)cs2)c1. The molecule has 0 spiro atoms. The number of nitrogens with zero attached hydrogens (tertiary/aromatic N) is 1. The number of thiazole rings is 1. The highest BCUT2D eigenvalue weighted by molar-refractivity contribution is 7.10. The summed E-state index contributed by atoms with van der Waals surface area (Å²) < 4.78 is 0. The zero-order valence-corrected chi connectivity index (χ0v) is 12.0. The molecule has 0 aliphatic heterocycles. The van der Waals surface area contributed by atoms with Gasteiger partial charge in [0.05, 0.1) is 10.7 Å². The first-order valence-electron chi connectivity index (χ1n) is 6.51. The average Bonchev–Trinajstić information content (AvgIpc) is 2.92. The second-order valence-electron chi connectivity index (χ2n) is 4.80. The van der Waals surface area contributed by atoms with E-state index in [1.54, 1.807) is 17.4 Å². The fourth-order valence-corrected chi connectivity index (χ4v) is 2.98. The van der Waals surface area contributed by atoms with Crippen LogP contribution in [0.1, 0.15) is 16.1 Å². The molecule has 100 valence electrons. The van der Waals surface area contributed by atoms with Crippen molar-refractivity contribution >= 4 is 11.3 Å². The molecule has 0 radical (unpaired) electrons. The highest BCUT2D eigenvalue weighted by atomic mass is 32.1. The van der Waals surface area contributed by atoms with Crippen molar-refractivity contribution in [3.05, 3.63) is 70.0 Å². The Kier molecular flexibility index (Phi) is 3.52. The highest BCUT2D eigenvalue weighted by Crippen LogP contribution is 2.26. The smallest absolute Gasteiger partial charge is 0.119 e. The Hall–Kier alpha value is -2.13. The van der Waals surface area contributed by atoms with Gasteiger partial charge in [0, 0.05) is 22.9 Å². The summed E-state index contributed by atoms with van der Waals surface area (Å²) >= 11 is 1.63. The molecule has 3 heteroatoms. The Balaban J connectivity index is 1.86. The number of aromatic nitrogens is 1. The van der Waals surface area contributed by atoms with Crippen molar-refractivity contribution in [2.24, 2.45) is 0 Å². The van der Waals surface area contributed by atoms with Gasteiger partial charge in [-0.25, -0.2) is 4.98 Å². The first-order valence-corrected chi connectivity index (χ1v) is 7.38. The molecule has 0 saturated heterocycles. The van der Waals surface area contributed by atoms with Crippen LogP contribution in [0.4, 0.5) is 0 Å². The minimum atomic E-state index is 0.340. The lowest BCUT2D eigenvalue weighted by Gasteiger charge is -2.03. The Morgan fingerprint density at radius 3 is 2.70 bits per heavy atom. The zero-order valence-electron chi connectivity index (χ0n) is 11.2. The number of rotatable bonds is 3. The summed E-state index contributed by atoms with van der Waals surface area (Å²) in [5.41, 5.74) is 4.21. The van der Waals surface area contributed by atoms with E-state index in [-0.39, 0.29) is 0 Å². The number of hydrogen-bond donors (Lipinski definition) is 1. The molecule has 0 bridgehead atoms. The third kappa shape index (κ3) is 2.73. The lowest BCUT2D eigenvalue weighted by molar-refractivity contribution is 0.469. The molecule has 0 atom stereocenters. The van der Waals surface area contributed by atoms with E-state index in [4.69, 9.17) is 0 Å². The minimum absolute atomic E-state index is 0.340. The Morgan fingerprint density at radius 2 is 1.90 bits per heavy atom. The van der Waals surface area contributed by atoms with Crippen LogP contribution in [0, 0.1) is 6.92 Å². The molecule has 0 amide bonds. The summed E-state index contributed by atoms with van der Waals surface area (Å²) in [6, 6.07) is 15.8. The molecule has 3 aromatic rings. The van der Waals surface area contributed by atoms with Crippen LogP contribution in [0.2, 0.25) is 0 Å². The summed E-state index contributed by atoms with van der Waals surface area (Å²) in [7, 11) is 0. The van der Waals surface area contributed by atoms with E-state index in [9.17, 15) is 5.11 Å². The number of phenols is 1. The average molecular weight is 281 g/mol. The predicted molar refractivity (Wildman–Crippen MR) is 83.2 cm³/mol. The van der Waals surface area contributed by atoms with Crippen LogP contribution in [-0.4, -0.2) is 10.1 Å². The predicted octanol–water partition coefficient (Wildman–Crippen LogP) is 4.41. The van der Waals surface area contributed by atoms with Crippen LogP contribution in [0.3, 0.4) is 0 Å². The number of hydrogen-bond acceptors (Lipinski definition) is 3. The first-order chi connectivity index (χ1) is 9.72. The largest absolute Gasteiger partial charge is 0.508 e. The summed E-state index contributed by atoms with van der Waals surface area (Å²) in [5.74, 6) is 0.340. The normalized spacial score (nSPS) is 10.7. The molecule has 2 nitrogen and oxygen atoms in total. The quantitative estimate of drug-likeness (QED) is 0.771. The van der Waals surface area contributed by atoms with Crippen LogP contribution in [0.15, 0.2) is 53.9 Å². The van der Waals surface area contributed by atoms with Crippen molar-refractivity contribution in [3.63, 3.8) is 0 Å². The molecule has 20 heavy (non-hydrogen) atoms. The van der Waals surface area contributed by atoms with Crippen LogP contribution in [0.25, 0.3) is 11.3 Å². The van der Waals surface area contributed by atoms with Gasteiger partial charge in [-0.1, -0.05) is 48.0 Å². The summed E-state index contributed by atoms with van der Waals surface area (Å²) in [6.45, 7) is 2.03. The molecule has 0 aliphatic rings. The molecule has 1 heterocycles. The van der Waals surface area contributed by atoms with Crippen molar-refractivity contribution in [3.8, 4) is 17.0 Å². The summed E-state index contributed by atoms with van der Waals surface area (Å²) in [5, 5.41) is 13.0. The van der Waals surface area contributed by atoms with Gasteiger partial charge in [0.2, 0.25) is 0 Å². The molecule has 0 fully saturated rings.